The van der Waals surface area contributed by atoms with Crippen molar-refractivity contribution in [2.45, 2.75) is 27.7 Å². The van der Waals surface area contributed by atoms with E-state index in [1.54, 1.807) is 0 Å². The summed E-state index contributed by atoms with van der Waals surface area (Å²) in [6.45, 7) is 7.98. The topological polar surface area (TPSA) is 50.4 Å². The molecule has 0 aliphatic heterocycles. The van der Waals surface area contributed by atoms with Gasteiger partial charge in [-0.2, -0.15) is 0 Å². The Morgan fingerprint density at radius 1 is 1.55 bits per heavy atom. The molecule has 3 N–H and O–H groups in total. The first-order valence-electron chi connectivity index (χ1n) is 3.80. The molecule has 0 radical (unpaired) electrons. The summed E-state index contributed by atoms with van der Waals surface area (Å²) in [5, 5.41) is 0. The van der Waals surface area contributed by atoms with E-state index in [9.17, 15) is 0 Å². The molecule has 11 heavy (non-hydrogen) atoms. The van der Waals surface area contributed by atoms with Crippen molar-refractivity contribution in [1.29, 1.82) is 0 Å². The highest BCUT2D eigenvalue weighted by Gasteiger charge is 2.01. The van der Waals surface area contributed by atoms with Crippen molar-refractivity contribution < 1.29 is 0 Å². The minimum Gasteiger partial charge on any atom is -0.312 e. The molecule has 0 atom stereocenters. The van der Waals surface area contributed by atoms with E-state index in [2.05, 4.69) is 10.4 Å². The Labute approximate surface area is 68.4 Å². The lowest BCUT2D eigenvalue weighted by atomic mass is 10.2. The molecule has 0 spiro atoms. The Morgan fingerprint density at radius 3 is 2.36 bits per heavy atom. The summed E-state index contributed by atoms with van der Waals surface area (Å²) < 4.78 is 0. The Bertz CT molecular complexity index is 168. The van der Waals surface area contributed by atoms with E-state index in [0.717, 1.165) is 11.5 Å². The van der Waals surface area contributed by atoms with Crippen LogP contribution in [-0.4, -0.2) is 5.84 Å². The smallest absolute Gasteiger partial charge is 0.118 e. The minimum absolute atomic E-state index is 0.342. The predicted molar refractivity (Wildman–Crippen MR) is 49.0 cm³/mol. The number of allylic oxidation sites excluding steroid dienone is 2. The average Bonchev–Trinajstić information content (AvgIpc) is 1.99. The highest BCUT2D eigenvalue weighted by molar-refractivity contribution is 5.84. The molecular formula is C8H17N3. The summed E-state index contributed by atoms with van der Waals surface area (Å²) in [4.78, 5) is 4.25. The Hall–Kier alpha value is -0.830. The standard InChI is InChI=1S/C8H17N3/c1-5-7(4)10-8(11-9)6(2)3/h5-6H,9H2,1-4H3,(H,10,11)/b7-5-. The number of amidine groups is 1. The van der Waals surface area contributed by atoms with Crippen molar-refractivity contribution in [3.05, 3.63) is 11.8 Å². The molecule has 0 rings (SSSR count). The van der Waals surface area contributed by atoms with Gasteiger partial charge in [0, 0.05) is 11.6 Å². The number of nitrogens with two attached hydrogens (primary N) is 1. The number of hydrogen-bond acceptors (Lipinski definition) is 2. The third kappa shape index (κ3) is 3.78. The lowest BCUT2D eigenvalue weighted by Gasteiger charge is -2.08. The van der Waals surface area contributed by atoms with Crippen LogP contribution in [0.2, 0.25) is 0 Å². The number of hydrazine groups is 1. The zero-order valence-corrected chi connectivity index (χ0v) is 7.68. The van der Waals surface area contributed by atoms with Crippen LogP contribution in [0.5, 0.6) is 0 Å². The fraction of sp³-hybridized carbons (Fsp3) is 0.625. The molecule has 0 aliphatic rings. The molecule has 0 unspecified atom stereocenters. The molecule has 0 fully saturated rings. The molecule has 0 saturated heterocycles. The van der Waals surface area contributed by atoms with Crippen LogP contribution in [-0.2, 0) is 0 Å². The molecule has 0 saturated carbocycles. The zero-order chi connectivity index (χ0) is 8.85. The molecule has 0 aromatic carbocycles. The molecule has 3 heteroatoms. The van der Waals surface area contributed by atoms with E-state index in [1.807, 2.05) is 33.8 Å². The summed E-state index contributed by atoms with van der Waals surface area (Å²) in [6.07, 6.45) is 1.94. The molecule has 0 amide bonds. The summed E-state index contributed by atoms with van der Waals surface area (Å²) >= 11 is 0. The maximum atomic E-state index is 5.27. The third-order valence-electron chi connectivity index (χ3n) is 1.41. The second kappa shape index (κ2) is 4.91. The second-order valence-corrected chi connectivity index (χ2v) is 2.73. The average molecular weight is 155 g/mol. The van der Waals surface area contributed by atoms with Gasteiger partial charge in [0.25, 0.3) is 0 Å². The van der Waals surface area contributed by atoms with Crippen LogP contribution in [0, 0.1) is 5.92 Å². The van der Waals surface area contributed by atoms with Crippen molar-refractivity contribution >= 4 is 5.84 Å². The molecule has 64 valence electrons. The van der Waals surface area contributed by atoms with E-state index in [4.69, 9.17) is 5.84 Å². The van der Waals surface area contributed by atoms with Gasteiger partial charge in [-0.15, -0.1) is 0 Å². The fourth-order valence-electron chi connectivity index (χ4n) is 0.583. The van der Waals surface area contributed by atoms with Gasteiger partial charge in [0.2, 0.25) is 0 Å². The first-order chi connectivity index (χ1) is 5.11. The summed E-state index contributed by atoms with van der Waals surface area (Å²) in [5.41, 5.74) is 3.55. The Balaban J connectivity index is 4.35. The number of rotatable bonds is 2. The summed E-state index contributed by atoms with van der Waals surface area (Å²) in [5.74, 6) is 6.43. The van der Waals surface area contributed by atoms with Gasteiger partial charge < -0.3 is 5.43 Å². The summed E-state index contributed by atoms with van der Waals surface area (Å²) in [7, 11) is 0. The Kier molecular flexibility index (Phi) is 4.54. The van der Waals surface area contributed by atoms with Crippen LogP contribution in [0.4, 0.5) is 0 Å². The van der Waals surface area contributed by atoms with E-state index >= 15 is 0 Å². The van der Waals surface area contributed by atoms with Gasteiger partial charge in [0.05, 0.1) is 0 Å². The second-order valence-electron chi connectivity index (χ2n) is 2.73. The minimum atomic E-state index is 0.342. The van der Waals surface area contributed by atoms with Gasteiger partial charge in [-0.05, 0) is 13.8 Å². The molecule has 0 aliphatic carbocycles. The third-order valence-corrected chi connectivity index (χ3v) is 1.41. The molecule has 3 nitrogen and oxygen atoms in total. The lowest BCUT2D eigenvalue weighted by Crippen LogP contribution is -2.34. The Morgan fingerprint density at radius 2 is 2.09 bits per heavy atom. The van der Waals surface area contributed by atoms with Gasteiger partial charge in [-0.25, -0.2) is 10.8 Å². The highest BCUT2D eigenvalue weighted by Crippen LogP contribution is 1.99. The van der Waals surface area contributed by atoms with Gasteiger partial charge in [-0.1, -0.05) is 19.9 Å². The first kappa shape index (κ1) is 10.2. The molecular weight excluding hydrogens is 138 g/mol. The highest BCUT2D eigenvalue weighted by atomic mass is 15.3. The van der Waals surface area contributed by atoms with Crippen LogP contribution in [0.3, 0.4) is 0 Å². The van der Waals surface area contributed by atoms with Gasteiger partial charge in [0.1, 0.15) is 5.84 Å². The van der Waals surface area contributed by atoms with Crippen LogP contribution in [0.25, 0.3) is 0 Å². The molecule has 0 aromatic rings. The van der Waals surface area contributed by atoms with Crippen LogP contribution in [0.15, 0.2) is 16.8 Å². The van der Waals surface area contributed by atoms with Gasteiger partial charge in [0.15, 0.2) is 0 Å². The number of nitrogens with one attached hydrogen (secondary N) is 1. The van der Waals surface area contributed by atoms with Gasteiger partial charge in [-0.3, -0.25) is 0 Å². The van der Waals surface area contributed by atoms with Crippen molar-refractivity contribution in [2.75, 3.05) is 0 Å². The number of nitrogens with zero attached hydrogens (tertiary/aromatic N) is 1. The van der Waals surface area contributed by atoms with Crippen LogP contribution >= 0.6 is 0 Å². The van der Waals surface area contributed by atoms with E-state index < -0.39 is 0 Å². The lowest BCUT2D eigenvalue weighted by molar-refractivity contribution is 0.810. The molecule has 0 bridgehead atoms. The largest absolute Gasteiger partial charge is 0.312 e. The maximum Gasteiger partial charge on any atom is 0.118 e. The van der Waals surface area contributed by atoms with E-state index in [1.165, 1.54) is 0 Å². The van der Waals surface area contributed by atoms with Crippen molar-refractivity contribution in [3.8, 4) is 0 Å². The number of hydrogen-bond donors (Lipinski definition) is 2. The van der Waals surface area contributed by atoms with Crippen molar-refractivity contribution in [2.24, 2.45) is 16.8 Å². The fourth-order valence-corrected chi connectivity index (χ4v) is 0.583. The van der Waals surface area contributed by atoms with Crippen LogP contribution < -0.4 is 11.3 Å². The number of aliphatic imine (C=N–C) groups is 1. The normalized spacial score (nSPS) is 14.0. The zero-order valence-electron chi connectivity index (χ0n) is 7.68. The monoisotopic (exact) mass is 155 g/mol. The quantitative estimate of drug-likeness (QED) is 0.274. The predicted octanol–water partition coefficient (Wildman–Crippen LogP) is 1.43. The summed E-state index contributed by atoms with van der Waals surface area (Å²) in [6, 6.07) is 0. The van der Waals surface area contributed by atoms with Crippen LogP contribution in [0.1, 0.15) is 27.7 Å². The van der Waals surface area contributed by atoms with Gasteiger partial charge >= 0.3 is 0 Å². The van der Waals surface area contributed by atoms with E-state index in [0.29, 0.717) is 5.92 Å². The first-order valence-corrected chi connectivity index (χ1v) is 3.80. The van der Waals surface area contributed by atoms with Crippen molar-refractivity contribution in [1.82, 2.24) is 5.43 Å². The SMILES string of the molecule is C/C=C(/C)N=C(NN)C(C)C. The van der Waals surface area contributed by atoms with Crippen molar-refractivity contribution in [3.63, 3.8) is 0 Å². The molecule has 0 aromatic heterocycles. The maximum absolute atomic E-state index is 5.27. The molecule has 0 heterocycles. The van der Waals surface area contributed by atoms with E-state index in [-0.39, 0.29) is 0 Å².